The summed E-state index contributed by atoms with van der Waals surface area (Å²) in [5.41, 5.74) is 5.64. The summed E-state index contributed by atoms with van der Waals surface area (Å²) < 4.78 is 55.2. The number of hydrogen-bond acceptors (Lipinski definition) is 15. The molecule has 13 rings (SSSR count). The van der Waals surface area contributed by atoms with Crippen LogP contribution in [0.5, 0.6) is 11.6 Å². The number of amides is 1. The summed E-state index contributed by atoms with van der Waals surface area (Å²) in [5.74, 6) is -0.0142. The lowest BCUT2D eigenvalue weighted by atomic mass is 9.59. The summed E-state index contributed by atoms with van der Waals surface area (Å²) in [6.45, 7) is 10.2. The number of morpholine rings is 1. The van der Waals surface area contributed by atoms with E-state index in [0.29, 0.717) is 73.3 Å². The van der Waals surface area contributed by atoms with Gasteiger partial charge in [0.1, 0.15) is 24.0 Å². The van der Waals surface area contributed by atoms with Gasteiger partial charge in [-0.1, -0.05) is 38.1 Å². The van der Waals surface area contributed by atoms with Crippen LogP contribution >= 0.6 is 0 Å². The zero-order valence-corrected chi connectivity index (χ0v) is 41.4. The molecule has 6 atom stereocenters. The van der Waals surface area contributed by atoms with E-state index in [2.05, 4.69) is 67.8 Å². The number of aromatic nitrogens is 2. The molecule has 1 spiro atoms. The van der Waals surface area contributed by atoms with Gasteiger partial charge in [-0.15, -0.1) is 0 Å². The van der Waals surface area contributed by atoms with E-state index in [4.69, 9.17) is 23.9 Å². The maximum absolute atomic E-state index is 14.8. The van der Waals surface area contributed by atoms with E-state index in [1.807, 2.05) is 35.4 Å². The standard InChI is InChI=1S/C53H61N9O9S/c1-31(2)39-6-3-4-7-40(39)42-8-5-15-60(42)36-23-53(24-36)12-16-58(17-13-53)34-9-10-41(43(20-34)61-45-18-32-11-14-54-50(32)56-52(45)71-48-30-68-29-46(48)61)51(63)57-72(66,67)38-21-44(62(64)65)49-47(22-38)70-27-33(55-49)25-59-26-37-19-35(59)28-69-37/h3-4,6-7,9-11,14,18,20-22,31,33,35-37,42,46,48,55H,5,8,12-13,15-17,19,23-30H2,1-2H3,(H,54,56)(H,57,63)/t33-,35+,37+,42+,46-,48-/m1/s1. The van der Waals surface area contributed by atoms with Gasteiger partial charge in [0, 0.05) is 73.7 Å². The van der Waals surface area contributed by atoms with E-state index in [-0.39, 0.29) is 47.2 Å². The highest BCUT2D eigenvalue weighted by Gasteiger charge is 2.51. The zero-order chi connectivity index (χ0) is 49.0. The quantitative estimate of drug-likeness (QED) is 0.0884. The molecule has 3 aromatic carbocycles. The van der Waals surface area contributed by atoms with Crippen LogP contribution in [0.4, 0.5) is 28.4 Å². The summed E-state index contributed by atoms with van der Waals surface area (Å²) in [5, 5.41) is 16.7. The zero-order valence-electron chi connectivity index (χ0n) is 40.6. The van der Waals surface area contributed by atoms with Crippen LogP contribution in [-0.4, -0.2) is 135 Å². The van der Waals surface area contributed by atoms with Gasteiger partial charge in [0.15, 0.2) is 11.4 Å². The second kappa shape index (κ2) is 17.6. The van der Waals surface area contributed by atoms with Crippen molar-refractivity contribution in [2.75, 3.05) is 74.3 Å². The van der Waals surface area contributed by atoms with Crippen LogP contribution in [0.15, 0.2) is 77.8 Å². The molecular formula is C53H61N9O9S. The van der Waals surface area contributed by atoms with Crippen molar-refractivity contribution in [1.82, 2.24) is 24.5 Å². The van der Waals surface area contributed by atoms with Crippen LogP contribution in [0.25, 0.3) is 11.0 Å². The van der Waals surface area contributed by atoms with Crippen molar-refractivity contribution in [2.24, 2.45) is 5.41 Å². The smallest absolute Gasteiger partial charge is 0.297 e. The minimum Gasteiger partial charge on any atom is -0.489 e. The molecule has 0 radical (unpaired) electrons. The maximum atomic E-state index is 14.8. The van der Waals surface area contributed by atoms with Gasteiger partial charge in [0.05, 0.1) is 59.1 Å². The lowest BCUT2D eigenvalue weighted by molar-refractivity contribution is -0.384. The van der Waals surface area contributed by atoms with Crippen molar-refractivity contribution in [1.29, 1.82) is 0 Å². The second-order valence-corrected chi connectivity index (χ2v) is 23.4. The number of nitrogens with zero attached hydrogens (tertiary/aromatic N) is 6. The van der Waals surface area contributed by atoms with Gasteiger partial charge in [-0.3, -0.25) is 24.7 Å². The number of anilines is 4. The highest BCUT2D eigenvalue weighted by Crippen LogP contribution is 2.55. The van der Waals surface area contributed by atoms with Crippen molar-refractivity contribution >= 4 is 55.4 Å². The Kier molecular flexibility index (Phi) is 11.2. The summed E-state index contributed by atoms with van der Waals surface area (Å²) in [6.07, 6.45) is 9.47. The highest BCUT2D eigenvalue weighted by molar-refractivity contribution is 7.90. The molecule has 7 aliphatic heterocycles. The monoisotopic (exact) mass is 999 g/mol. The van der Waals surface area contributed by atoms with Gasteiger partial charge >= 0.3 is 0 Å². The molecule has 8 aliphatic rings. The molecule has 5 saturated heterocycles. The van der Waals surface area contributed by atoms with Crippen molar-refractivity contribution in [3.05, 3.63) is 99.7 Å². The molecular weight excluding hydrogens is 939 g/mol. The molecule has 1 aliphatic carbocycles. The summed E-state index contributed by atoms with van der Waals surface area (Å²) in [6, 6.07) is 21.4. The van der Waals surface area contributed by atoms with Crippen LogP contribution in [-0.2, 0) is 19.5 Å². The number of rotatable bonds is 11. The Morgan fingerprint density at radius 2 is 1.83 bits per heavy atom. The Bertz CT molecular complexity index is 3080. The third-order valence-electron chi connectivity index (χ3n) is 17.1. The van der Waals surface area contributed by atoms with Gasteiger partial charge in [-0.05, 0) is 104 Å². The molecule has 1 saturated carbocycles. The summed E-state index contributed by atoms with van der Waals surface area (Å²) >= 11 is 0. The number of nitrogens with one attached hydrogen (secondary N) is 3. The number of ether oxygens (including phenoxy) is 4. The average molecular weight is 1000 g/mol. The molecule has 5 aromatic rings. The molecule has 2 bridgehead atoms. The fourth-order valence-corrected chi connectivity index (χ4v) is 14.4. The van der Waals surface area contributed by atoms with Crippen molar-refractivity contribution in [3.8, 4) is 11.6 Å². The van der Waals surface area contributed by atoms with E-state index < -0.39 is 37.5 Å². The van der Waals surface area contributed by atoms with E-state index in [0.717, 1.165) is 62.6 Å². The minimum atomic E-state index is -4.69. The number of benzene rings is 3. The van der Waals surface area contributed by atoms with Crippen molar-refractivity contribution in [3.63, 3.8) is 0 Å². The number of likely N-dealkylation sites (tertiary alicyclic amines) is 2. The Morgan fingerprint density at radius 3 is 2.62 bits per heavy atom. The first-order valence-corrected chi connectivity index (χ1v) is 27.3. The average Bonchev–Trinajstić information content (AvgIpc) is 4.24. The molecule has 19 heteroatoms. The molecule has 1 amide bonds. The Balaban J connectivity index is 0.778. The highest BCUT2D eigenvalue weighted by atomic mass is 32.2. The van der Waals surface area contributed by atoms with Gasteiger partial charge in [-0.2, -0.15) is 4.98 Å². The Labute approximate surface area is 418 Å². The normalized spacial score (nSPS) is 26.8. The van der Waals surface area contributed by atoms with E-state index >= 15 is 0 Å². The lowest BCUT2D eigenvalue weighted by Gasteiger charge is -2.56. The molecule has 18 nitrogen and oxygen atoms in total. The maximum Gasteiger partial charge on any atom is 0.297 e. The van der Waals surface area contributed by atoms with Gasteiger partial charge in [0.25, 0.3) is 21.6 Å². The minimum absolute atomic E-state index is 0.0266. The van der Waals surface area contributed by atoms with Gasteiger partial charge in [0.2, 0.25) is 5.88 Å². The number of fused-ring (bicyclic) bond motifs is 6. The van der Waals surface area contributed by atoms with E-state index in [1.54, 1.807) is 6.07 Å². The number of pyridine rings is 1. The van der Waals surface area contributed by atoms with Crippen molar-refractivity contribution in [2.45, 2.75) is 112 Å². The summed E-state index contributed by atoms with van der Waals surface area (Å²) in [4.78, 5) is 43.7. The molecule has 0 unspecified atom stereocenters. The van der Waals surface area contributed by atoms with Gasteiger partial charge < -0.3 is 39.0 Å². The first kappa shape index (κ1) is 45.8. The number of carbonyl (C=O) groups excluding carboxylic acids is 1. The van der Waals surface area contributed by atoms with Crippen LogP contribution in [0.3, 0.4) is 0 Å². The lowest BCUT2D eigenvalue weighted by Crippen LogP contribution is -2.55. The number of aromatic amines is 1. The fraction of sp³-hybridized carbons (Fsp3) is 0.509. The van der Waals surface area contributed by atoms with Crippen LogP contribution in [0, 0.1) is 15.5 Å². The predicted octanol–water partition coefficient (Wildman–Crippen LogP) is 7.24. The third kappa shape index (κ3) is 7.93. The molecule has 9 heterocycles. The molecule has 72 heavy (non-hydrogen) atoms. The SMILES string of the molecule is CC(C)c1ccccc1[C@@H]1CCCN1C1CC2(CCN(c3ccc(C(=O)NS(=O)(=O)c4cc5c(c([N+](=O)[O-])c4)N[C@H](CN4C[C@@H]6C[C@H]4CO6)CO5)c(N4c5cc6cc[nH]c6nc5O[C@@H]5COC[C@H]54)c3)CC2)C1. The van der Waals surface area contributed by atoms with Crippen LogP contribution < -0.4 is 29.3 Å². The van der Waals surface area contributed by atoms with Gasteiger partial charge in [-0.25, -0.2) is 13.1 Å². The first-order chi connectivity index (χ1) is 34.9. The molecule has 378 valence electrons. The number of H-pyrrole nitrogens is 1. The van der Waals surface area contributed by atoms with E-state index in [1.165, 1.54) is 42.9 Å². The van der Waals surface area contributed by atoms with E-state index in [9.17, 15) is 23.3 Å². The number of sulfonamides is 1. The molecule has 2 aromatic heterocycles. The Morgan fingerprint density at radius 1 is 0.986 bits per heavy atom. The largest absolute Gasteiger partial charge is 0.489 e. The predicted molar refractivity (Wildman–Crippen MR) is 270 cm³/mol. The number of piperidine rings is 1. The number of nitro benzene ring substituents is 1. The van der Waals surface area contributed by atoms with Crippen LogP contribution in [0.1, 0.15) is 92.2 Å². The Hall–Kier alpha value is -5.99. The van der Waals surface area contributed by atoms with Crippen LogP contribution in [0.2, 0.25) is 0 Å². The summed E-state index contributed by atoms with van der Waals surface area (Å²) in [7, 11) is -4.69. The fourth-order valence-electron chi connectivity index (χ4n) is 13.4. The number of hydrogen-bond donors (Lipinski definition) is 3. The molecule has 6 fully saturated rings. The number of nitro groups is 1. The second-order valence-electron chi connectivity index (χ2n) is 21.7. The first-order valence-electron chi connectivity index (χ1n) is 25.8. The topological polar surface area (TPSA) is 197 Å². The molecule has 3 N–H and O–H groups in total. The number of carbonyl (C=O) groups is 1. The van der Waals surface area contributed by atoms with Crippen molar-refractivity contribution < 1.29 is 37.1 Å². The third-order valence-corrected chi connectivity index (χ3v) is 18.4.